The van der Waals surface area contributed by atoms with Crippen LogP contribution in [0.25, 0.3) is 0 Å². The zero-order valence-corrected chi connectivity index (χ0v) is 12.8. The van der Waals surface area contributed by atoms with Gasteiger partial charge in [-0.3, -0.25) is 9.63 Å². The molecule has 0 unspecified atom stereocenters. The molecule has 5 nitrogen and oxygen atoms in total. The number of hydrogen-bond donors (Lipinski definition) is 1. The Morgan fingerprint density at radius 2 is 2.04 bits per heavy atom. The molecule has 1 atom stereocenters. The number of halogens is 2. The predicted octanol–water partition coefficient (Wildman–Crippen LogP) is 1.46. The lowest BCUT2D eigenvalue weighted by molar-refractivity contribution is -0.182. The lowest BCUT2D eigenvalue weighted by atomic mass is 9.91. The molecule has 7 heteroatoms. The smallest absolute Gasteiger partial charge is 0.256 e. The third-order valence-electron chi connectivity index (χ3n) is 4.32. The summed E-state index contributed by atoms with van der Waals surface area (Å²) in [6, 6.07) is 3.58. The summed E-state index contributed by atoms with van der Waals surface area (Å²) in [5.41, 5.74) is -0.986. The molecule has 3 rings (SSSR count). The Balaban J connectivity index is 1.69. The quantitative estimate of drug-likeness (QED) is 0.910. The zero-order valence-electron chi connectivity index (χ0n) is 12.8. The Bertz CT molecular complexity index is 593. The molecule has 2 heterocycles. The van der Waals surface area contributed by atoms with Gasteiger partial charge in [-0.15, -0.1) is 0 Å². The van der Waals surface area contributed by atoms with Gasteiger partial charge in [0.05, 0.1) is 13.2 Å². The minimum absolute atomic E-state index is 0.139. The number of rotatable bonds is 4. The first-order chi connectivity index (χ1) is 11.0. The lowest BCUT2D eigenvalue weighted by Gasteiger charge is -2.39. The molecule has 0 aliphatic carbocycles. The molecule has 1 N–H and O–H groups in total. The van der Waals surface area contributed by atoms with Crippen LogP contribution < -0.4 is 0 Å². The molecule has 2 saturated heterocycles. The third kappa shape index (κ3) is 3.52. The van der Waals surface area contributed by atoms with E-state index in [1.165, 1.54) is 11.0 Å². The van der Waals surface area contributed by atoms with Crippen molar-refractivity contribution in [3.05, 3.63) is 35.4 Å². The van der Waals surface area contributed by atoms with Crippen LogP contribution in [-0.2, 0) is 16.2 Å². The highest BCUT2D eigenvalue weighted by Crippen LogP contribution is 2.26. The fraction of sp³-hybridized carbons (Fsp3) is 0.562. The molecular formula is C16H20F2N2O3. The number of amides is 1. The second kappa shape index (κ2) is 6.51. The largest absolute Gasteiger partial charge is 0.379 e. The first kappa shape index (κ1) is 16.3. The number of hydroxylamine groups is 2. The van der Waals surface area contributed by atoms with Crippen molar-refractivity contribution >= 4 is 5.91 Å². The molecule has 0 spiro atoms. The van der Waals surface area contributed by atoms with Gasteiger partial charge < -0.3 is 10.0 Å². The second-order valence-electron chi connectivity index (χ2n) is 6.16. The molecule has 2 fully saturated rings. The summed E-state index contributed by atoms with van der Waals surface area (Å²) in [4.78, 5) is 19.5. The normalized spacial score (nSPS) is 26.0. The summed E-state index contributed by atoms with van der Waals surface area (Å²) in [5, 5.41) is 12.3. The van der Waals surface area contributed by atoms with Crippen molar-refractivity contribution in [2.45, 2.75) is 31.4 Å². The minimum Gasteiger partial charge on any atom is -0.379 e. The van der Waals surface area contributed by atoms with E-state index in [-0.39, 0.29) is 19.0 Å². The van der Waals surface area contributed by atoms with E-state index in [0.29, 0.717) is 38.1 Å². The van der Waals surface area contributed by atoms with Crippen LogP contribution in [0.1, 0.15) is 24.8 Å². The van der Waals surface area contributed by atoms with Gasteiger partial charge in [0.2, 0.25) is 0 Å². The number of hydrogen-bond acceptors (Lipinski definition) is 4. The fourth-order valence-electron chi connectivity index (χ4n) is 3.14. The average Bonchev–Trinajstić information content (AvgIpc) is 3.00. The van der Waals surface area contributed by atoms with Crippen LogP contribution in [0.3, 0.4) is 0 Å². The van der Waals surface area contributed by atoms with Gasteiger partial charge >= 0.3 is 0 Å². The highest BCUT2D eigenvalue weighted by molar-refractivity contribution is 5.86. The van der Waals surface area contributed by atoms with Crippen LogP contribution >= 0.6 is 0 Å². The Morgan fingerprint density at radius 1 is 1.22 bits per heavy atom. The maximum absolute atomic E-state index is 13.3. The van der Waals surface area contributed by atoms with Crippen LogP contribution in [0.2, 0.25) is 0 Å². The van der Waals surface area contributed by atoms with Gasteiger partial charge in [-0.25, -0.2) is 8.78 Å². The number of carbonyl (C=O) groups excluding carboxylic acids is 1. The molecule has 1 aromatic carbocycles. The standard InChI is InChI=1S/C16H20F2N2O3/c17-13-4-3-12(9-14(13)18)10-19-6-1-5-16(22,15(19)21)11-20-7-2-8-23-20/h3-4,9,22H,1-2,5-8,10-11H2/t16-/m0/s1. The van der Waals surface area contributed by atoms with Gasteiger partial charge in [-0.2, -0.15) is 5.06 Å². The molecular weight excluding hydrogens is 306 g/mol. The van der Waals surface area contributed by atoms with Gasteiger partial charge in [-0.05, 0) is 37.0 Å². The summed E-state index contributed by atoms with van der Waals surface area (Å²) in [7, 11) is 0. The summed E-state index contributed by atoms with van der Waals surface area (Å²) < 4.78 is 26.3. The number of aliphatic hydroxyl groups is 1. The number of nitrogens with zero attached hydrogens (tertiary/aromatic N) is 2. The molecule has 1 aromatic rings. The Morgan fingerprint density at radius 3 is 2.74 bits per heavy atom. The van der Waals surface area contributed by atoms with Crippen molar-refractivity contribution in [1.82, 2.24) is 9.96 Å². The van der Waals surface area contributed by atoms with Crippen LogP contribution in [0.5, 0.6) is 0 Å². The monoisotopic (exact) mass is 326 g/mol. The maximum atomic E-state index is 13.3. The molecule has 0 aromatic heterocycles. The van der Waals surface area contributed by atoms with Gasteiger partial charge in [0.25, 0.3) is 5.91 Å². The van der Waals surface area contributed by atoms with Crippen LogP contribution in [0.4, 0.5) is 8.78 Å². The number of likely N-dealkylation sites (tertiary alicyclic amines) is 1. The second-order valence-corrected chi connectivity index (χ2v) is 6.16. The highest BCUT2D eigenvalue weighted by Gasteiger charge is 2.44. The van der Waals surface area contributed by atoms with Crippen molar-refractivity contribution in [2.75, 3.05) is 26.2 Å². The third-order valence-corrected chi connectivity index (χ3v) is 4.32. The van der Waals surface area contributed by atoms with Crippen molar-refractivity contribution < 1.29 is 23.5 Å². The Labute approximate surface area is 133 Å². The fourth-order valence-corrected chi connectivity index (χ4v) is 3.14. The van der Waals surface area contributed by atoms with Gasteiger partial charge in [0, 0.05) is 19.6 Å². The van der Waals surface area contributed by atoms with Crippen LogP contribution in [-0.4, -0.2) is 52.8 Å². The summed E-state index contributed by atoms with van der Waals surface area (Å²) >= 11 is 0. The topological polar surface area (TPSA) is 53.0 Å². The van der Waals surface area contributed by atoms with E-state index in [1.807, 2.05) is 0 Å². The Kier molecular flexibility index (Phi) is 4.61. The number of piperidine rings is 1. The molecule has 0 bridgehead atoms. The first-order valence-corrected chi connectivity index (χ1v) is 7.81. The molecule has 2 aliphatic rings. The molecule has 23 heavy (non-hydrogen) atoms. The van der Waals surface area contributed by atoms with Gasteiger partial charge in [-0.1, -0.05) is 6.07 Å². The molecule has 2 aliphatic heterocycles. The summed E-state index contributed by atoms with van der Waals surface area (Å²) in [6.45, 7) is 2.07. The van der Waals surface area contributed by atoms with Crippen molar-refractivity contribution in [1.29, 1.82) is 0 Å². The van der Waals surface area contributed by atoms with Crippen molar-refractivity contribution in [3.8, 4) is 0 Å². The van der Waals surface area contributed by atoms with Gasteiger partial charge in [0.1, 0.15) is 0 Å². The number of carbonyl (C=O) groups is 1. The highest BCUT2D eigenvalue weighted by atomic mass is 19.2. The van der Waals surface area contributed by atoms with Crippen molar-refractivity contribution in [2.24, 2.45) is 0 Å². The van der Waals surface area contributed by atoms with E-state index in [0.717, 1.165) is 18.6 Å². The van der Waals surface area contributed by atoms with E-state index >= 15 is 0 Å². The number of β-amino-alcohol motifs (C(OH)–C–C–N with tert-alkyl or cyclic N) is 1. The van der Waals surface area contributed by atoms with Crippen LogP contribution in [0.15, 0.2) is 18.2 Å². The minimum atomic E-state index is -1.48. The van der Waals surface area contributed by atoms with E-state index in [4.69, 9.17) is 4.84 Å². The van der Waals surface area contributed by atoms with Gasteiger partial charge in [0.15, 0.2) is 17.2 Å². The summed E-state index contributed by atoms with van der Waals surface area (Å²) in [6.07, 6.45) is 1.91. The molecule has 1 amide bonds. The predicted molar refractivity (Wildman–Crippen MR) is 78.1 cm³/mol. The average molecular weight is 326 g/mol. The molecule has 0 radical (unpaired) electrons. The maximum Gasteiger partial charge on any atom is 0.256 e. The van der Waals surface area contributed by atoms with E-state index in [2.05, 4.69) is 0 Å². The lowest BCUT2D eigenvalue weighted by Crippen LogP contribution is -2.57. The van der Waals surface area contributed by atoms with E-state index in [1.54, 1.807) is 5.06 Å². The van der Waals surface area contributed by atoms with E-state index < -0.39 is 17.2 Å². The summed E-state index contributed by atoms with van der Waals surface area (Å²) in [5.74, 6) is -2.24. The first-order valence-electron chi connectivity index (χ1n) is 7.81. The van der Waals surface area contributed by atoms with Crippen molar-refractivity contribution in [3.63, 3.8) is 0 Å². The zero-order chi connectivity index (χ0) is 16.4. The van der Waals surface area contributed by atoms with Crippen LogP contribution in [0, 0.1) is 11.6 Å². The molecule has 0 saturated carbocycles. The molecule has 126 valence electrons. The number of benzene rings is 1. The SMILES string of the molecule is O=C1N(Cc2ccc(F)c(F)c2)CCC[C@]1(O)CN1CCCO1. The van der Waals surface area contributed by atoms with E-state index in [9.17, 15) is 18.7 Å². The Hall–Kier alpha value is -1.57.